The molecule has 0 aliphatic carbocycles. The topological polar surface area (TPSA) is 47.6 Å². The molecule has 1 amide bonds. The molecule has 29 heavy (non-hydrogen) atoms. The number of piperidine rings is 1. The minimum Gasteiger partial charge on any atom is -0.352 e. The van der Waals surface area contributed by atoms with E-state index in [-0.39, 0.29) is 17.3 Å². The molecule has 1 spiro atoms. The number of hydrogen-bond donors (Lipinski definition) is 2. The van der Waals surface area contributed by atoms with Crippen molar-refractivity contribution in [2.45, 2.75) is 18.4 Å². The van der Waals surface area contributed by atoms with E-state index in [2.05, 4.69) is 26.5 Å². The van der Waals surface area contributed by atoms with E-state index >= 15 is 0 Å². The molecule has 154 valence electrons. The van der Waals surface area contributed by atoms with E-state index in [1.54, 1.807) is 0 Å². The number of anilines is 1. The molecule has 4 rings (SSSR count). The van der Waals surface area contributed by atoms with Gasteiger partial charge in [-0.05, 0) is 55.3 Å². The Kier molecular flexibility index (Phi) is 6.04. The second-order valence-electron chi connectivity index (χ2n) is 7.82. The fraction of sp³-hybridized carbons (Fsp3) is 0.409. The zero-order valence-electron chi connectivity index (χ0n) is 16.3. The van der Waals surface area contributed by atoms with Crippen molar-refractivity contribution in [3.05, 3.63) is 64.9 Å². The second-order valence-corrected chi connectivity index (χ2v) is 8.26. The number of carbonyl (C=O) groups is 1. The molecular formula is C22H26ClFN4O. The van der Waals surface area contributed by atoms with Crippen LogP contribution in [0.1, 0.15) is 23.2 Å². The minimum absolute atomic E-state index is 0.124. The Morgan fingerprint density at radius 2 is 1.93 bits per heavy atom. The molecule has 0 saturated carbocycles. The summed E-state index contributed by atoms with van der Waals surface area (Å²) in [4.78, 5) is 17.0. The first-order valence-electron chi connectivity index (χ1n) is 10.1. The van der Waals surface area contributed by atoms with Gasteiger partial charge in [-0.1, -0.05) is 17.7 Å². The van der Waals surface area contributed by atoms with Crippen molar-refractivity contribution in [3.63, 3.8) is 0 Å². The summed E-state index contributed by atoms with van der Waals surface area (Å²) in [6.45, 7) is 5.20. The highest BCUT2D eigenvalue weighted by Crippen LogP contribution is 2.36. The van der Waals surface area contributed by atoms with Crippen LogP contribution in [0.5, 0.6) is 0 Å². The van der Waals surface area contributed by atoms with Crippen molar-refractivity contribution in [2.75, 3.05) is 44.3 Å². The highest BCUT2D eigenvalue weighted by molar-refractivity contribution is 6.30. The Balaban J connectivity index is 1.28. The summed E-state index contributed by atoms with van der Waals surface area (Å²) in [6, 6.07) is 13.7. The molecule has 0 atom stereocenters. The average Bonchev–Trinajstić information content (AvgIpc) is 3.13. The first-order valence-corrected chi connectivity index (χ1v) is 10.4. The summed E-state index contributed by atoms with van der Waals surface area (Å²) in [5, 5.41) is 7.22. The van der Waals surface area contributed by atoms with Crippen molar-refractivity contribution >= 4 is 23.2 Å². The van der Waals surface area contributed by atoms with Crippen LogP contribution in [0.25, 0.3) is 0 Å². The van der Waals surface area contributed by atoms with Gasteiger partial charge in [0.15, 0.2) is 0 Å². The molecule has 5 nitrogen and oxygen atoms in total. The van der Waals surface area contributed by atoms with Crippen LogP contribution >= 0.6 is 11.6 Å². The monoisotopic (exact) mass is 416 g/mol. The van der Waals surface area contributed by atoms with Crippen LogP contribution in [0.2, 0.25) is 5.02 Å². The lowest BCUT2D eigenvalue weighted by Crippen LogP contribution is -2.54. The van der Waals surface area contributed by atoms with Gasteiger partial charge < -0.3 is 15.1 Å². The van der Waals surface area contributed by atoms with E-state index in [4.69, 9.17) is 11.6 Å². The molecular weight excluding hydrogens is 391 g/mol. The van der Waals surface area contributed by atoms with E-state index in [0.29, 0.717) is 12.1 Å². The third-order valence-corrected chi connectivity index (χ3v) is 6.26. The van der Waals surface area contributed by atoms with Gasteiger partial charge in [0.05, 0.1) is 12.2 Å². The van der Waals surface area contributed by atoms with E-state index in [0.717, 1.165) is 50.7 Å². The summed E-state index contributed by atoms with van der Waals surface area (Å²) in [5.74, 6) is -0.498. The van der Waals surface area contributed by atoms with Gasteiger partial charge in [0.25, 0.3) is 5.91 Å². The van der Waals surface area contributed by atoms with E-state index in [1.807, 2.05) is 18.2 Å². The van der Waals surface area contributed by atoms with Crippen LogP contribution in [0.15, 0.2) is 48.5 Å². The van der Waals surface area contributed by atoms with Crippen molar-refractivity contribution in [2.24, 2.45) is 0 Å². The zero-order chi connectivity index (χ0) is 20.3. The maximum atomic E-state index is 13.0. The SMILES string of the molecule is O=C(NCCN1CCC2(CC1)CNCN2c1cccc(Cl)c1)c1ccc(F)cc1. The van der Waals surface area contributed by atoms with Crippen molar-refractivity contribution in [3.8, 4) is 0 Å². The quantitative estimate of drug-likeness (QED) is 0.786. The summed E-state index contributed by atoms with van der Waals surface area (Å²) < 4.78 is 13.0. The predicted octanol–water partition coefficient (Wildman–Crippen LogP) is 3.11. The number of likely N-dealkylation sites (tertiary alicyclic amines) is 1. The number of nitrogens with zero attached hydrogens (tertiary/aromatic N) is 2. The average molecular weight is 417 g/mol. The maximum absolute atomic E-state index is 13.0. The predicted molar refractivity (Wildman–Crippen MR) is 114 cm³/mol. The number of carbonyl (C=O) groups excluding carboxylic acids is 1. The van der Waals surface area contributed by atoms with Gasteiger partial charge in [0, 0.05) is 49.0 Å². The molecule has 2 saturated heterocycles. The van der Waals surface area contributed by atoms with Gasteiger partial charge in [-0.25, -0.2) is 4.39 Å². The van der Waals surface area contributed by atoms with Crippen molar-refractivity contribution < 1.29 is 9.18 Å². The largest absolute Gasteiger partial charge is 0.352 e. The Hall–Kier alpha value is -2.15. The van der Waals surface area contributed by atoms with E-state index in [9.17, 15) is 9.18 Å². The van der Waals surface area contributed by atoms with E-state index in [1.165, 1.54) is 30.0 Å². The van der Waals surface area contributed by atoms with Crippen LogP contribution < -0.4 is 15.5 Å². The summed E-state index contributed by atoms with van der Waals surface area (Å²) in [6.07, 6.45) is 2.14. The number of rotatable bonds is 5. The normalized spacial score (nSPS) is 18.9. The molecule has 2 aliphatic heterocycles. The first-order chi connectivity index (χ1) is 14.1. The molecule has 0 radical (unpaired) electrons. The Morgan fingerprint density at radius 3 is 2.66 bits per heavy atom. The van der Waals surface area contributed by atoms with Crippen LogP contribution in [0, 0.1) is 5.82 Å². The Bertz CT molecular complexity index is 852. The van der Waals surface area contributed by atoms with Gasteiger partial charge in [0.1, 0.15) is 5.82 Å². The lowest BCUT2D eigenvalue weighted by molar-refractivity contribution is 0.0942. The number of halogens is 2. The summed E-state index contributed by atoms with van der Waals surface area (Å²) >= 11 is 6.20. The van der Waals surface area contributed by atoms with Crippen molar-refractivity contribution in [1.29, 1.82) is 0 Å². The minimum atomic E-state index is -0.336. The molecule has 2 aromatic carbocycles. The molecule has 2 fully saturated rings. The standard InChI is InChI=1S/C22H26ClFN4O/c23-18-2-1-3-20(14-18)28-16-25-15-22(28)8-11-27(12-9-22)13-10-26-21(29)17-4-6-19(24)7-5-17/h1-7,14,25H,8-13,15-16H2,(H,26,29). The van der Waals surface area contributed by atoms with Gasteiger partial charge in [-0.2, -0.15) is 0 Å². The molecule has 2 aliphatic rings. The molecule has 2 heterocycles. The Labute approximate surface area is 175 Å². The smallest absolute Gasteiger partial charge is 0.251 e. The lowest BCUT2D eigenvalue weighted by Gasteiger charge is -2.45. The fourth-order valence-corrected chi connectivity index (χ4v) is 4.53. The number of amides is 1. The van der Waals surface area contributed by atoms with Gasteiger partial charge in [0.2, 0.25) is 0 Å². The number of hydrogen-bond acceptors (Lipinski definition) is 4. The number of benzene rings is 2. The highest BCUT2D eigenvalue weighted by atomic mass is 35.5. The fourth-order valence-electron chi connectivity index (χ4n) is 4.34. The number of nitrogens with one attached hydrogen (secondary N) is 2. The van der Waals surface area contributed by atoms with Gasteiger partial charge in [-0.3, -0.25) is 10.1 Å². The van der Waals surface area contributed by atoms with Crippen LogP contribution in [0.4, 0.5) is 10.1 Å². The third-order valence-electron chi connectivity index (χ3n) is 6.02. The van der Waals surface area contributed by atoms with Crippen LogP contribution in [-0.4, -0.2) is 55.7 Å². The molecule has 7 heteroatoms. The lowest BCUT2D eigenvalue weighted by atomic mass is 9.86. The molecule has 0 aromatic heterocycles. The Morgan fingerprint density at radius 1 is 1.17 bits per heavy atom. The van der Waals surface area contributed by atoms with E-state index < -0.39 is 0 Å². The van der Waals surface area contributed by atoms with Gasteiger partial charge in [-0.15, -0.1) is 0 Å². The molecule has 0 bridgehead atoms. The zero-order valence-corrected chi connectivity index (χ0v) is 17.1. The third kappa shape index (κ3) is 4.55. The highest BCUT2D eigenvalue weighted by Gasteiger charge is 2.43. The summed E-state index contributed by atoms with van der Waals surface area (Å²) in [5.41, 5.74) is 1.78. The maximum Gasteiger partial charge on any atom is 0.251 e. The van der Waals surface area contributed by atoms with Crippen LogP contribution in [-0.2, 0) is 0 Å². The van der Waals surface area contributed by atoms with Gasteiger partial charge >= 0.3 is 0 Å². The second kappa shape index (κ2) is 8.69. The molecule has 2 N–H and O–H groups in total. The summed E-state index contributed by atoms with van der Waals surface area (Å²) in [7, 11) is 0. The molecule has 0 unspecified atom stereocenters. The van der Waals surface area contributed by atoms with Crippen LogP contribution in [0.3, 0.4) is 0 Å². The first kappa shape index (κ1) is 20.1. The molecule has 2 aromatic rings. The van der Waals surface area contributed by atoms with Crippen molar-refractivity contribution in [1.82, 2.24) is 15.5 Å².